The highest BCUT2D eigenvalue weighted by Gasteiger charge is 2.29. The van der Waals surface area contributed by atoms with Crippen LogP contribution in [-0.2, 0) is 9.59 Å². The van der Waals surface area contributed by atoms with Crippen molar-refractivity contribution in [3.8, 4) is 0 Å². The van der Waals surface area contributed by atoms with Gasteiger partial charge in [-0.3, -0.25) is 9.59 Å². The predicted molar refractivity (Wildman–Crippen MR) is 63.5 cm³/mol. The molecule has 0 heterocycles. The molecule has 0 bridgehead atoms. The first-order chi connectivity index (χ1) is 8.15. The molecule has 17 heavy (non-hydrogen) atoms. The maximum atomic E-state index is 11.9. The minimum absolute atomic E-state index is 0.126. The van der Waals surface area contributed by atoms with Crippen LogP contribution in [0.25, 0.3) is 0 Å². The number of carboxylic acids is 1. The molecule has 2 aliphatic rings. The summed E-state index contributed by atoms with van der Waals surface area (Å²) >= 11 is 0. The number of hydrogen-bond donors (Lipinski definition) is 2. The number of carboxylic acid groups (broad SMARTS) is 1. The van der Waals surface area contributed by atoms with E-state index in [1.807, 2.05) is 0 Å². The van der Waals surface area contributed by atoms with Crippen LogP contribution in [0.15, 0.2) is 0 Å². The zero-order valence-electron chi connectivity index (χ0n) is 10.2. The smallest absolute Gasteiger partial charge is 0.303 e. The molecule has 0 aromatic rings. The van der Waals surface area contributed by atoms with E-state index in [0.29, 0.717) is 6.04 Å². The number of hydrogen-bond acceptors (Lipinski definition) is 2. The zero-order valence-corrected chi connectivity index (χ0v) is 10.2. The van der Waals surface area contributed by atoms with Gasteiger partial charge in [-0.1, -0.05) is 0 Å². The van der Waals surface area contributed by atoms with Gasteiger partial charge in [-0.25, -0.2) is 0 Å². The summed E-state index contributed by atoms with van der Waals surface area (Å²) in [6.07, 6.45) is 7.23. The minimum atomic E-state index is -0.715. The lowest BCUT2D eigenvalue weighted by Gasteiger charge is -2.31. The molecule has 0 atom stereocenters. The highest BCUT2D eigenvalue weighted by atomic mass is 16.4. The van der Waals surface area contributed by atoms with Crippen LogP contribution >= 0.6 is 0 Å². The van der Waals surface area contributed by atoms with Gasteiger partial charge in [0, 0.05) is 18.4 Å². The number of nitrogens with one attached hydrogen (secondary N) is 1. The molecule has 4 nitrogen and oxygen atoms in total. The van der Waals surface area contributed by atoms with Crippen molar-refractivity contribution in [1.29, 1.82) is 0 Å². The van der Waals surface area contributed by atoms with Gasteiger partial charge in [0.2, 0.25) is 5.91 Å². The van der Waals surface area contributed by atoms with E-state index in [1.54, 1.807) is 0 Å². The number of rotatable bonds is 4. The van der Waals surface area contributed by atoms with Crippen molar-refractivity contribution in [3.05, 3.63) is 0 Å². The van der Waals surface area contributed by atoms with Crippen LogP contribution in [-0.4, -0.2) is 23.0 Å². The van der Waals surface area contributed by atoms with Gasteiger partial charge >= 0.3 is 5.97 Å². The van der Waals surface area contributed by atoms with Gasteiger partial charge in [0.1, 0.15) is 0 Å². The van der Waals surface area contributed by atoms with Gasteiger partial charge in [0.05, 0.1) is 0 Å². The Balaban J connectivity index is 1.70. The molecular formula is C13H21NO3. The zero-order chi connectivity index (χ0) is 12.3. The standard InChI is InChI=1S/C13H21NO3/c15-12(16)8-9-4-6-10(7-5-9)13(17)14-11-2-1-3-11/h9-11H,1-8H2,(H,14,17)(H,15,16). The summed E-state index contributed by atoms with van der Waals surface area (Å²) in [7, 11) is 0. The average molecular weight is 239 g/mol. The normalized spacial score (nSPS) is 29.4. The highest BCUT2D eigenvalue weighted by molar-refractivity contribution is 5.79. The monoisotopic (exact) mass is 239 g/mol. The number of amides is 1. The van der Waals surface area contributed by atoms with E-state index < -0.39 is 5.97 Å². The molecule has 1 amide bonds. The predicted octanol–water partition coefficient (Wildman–Crippen LogP) is 1.94. The van der Waals surface area contributed by atoms with Gasteiger partial charge in [-0.15, -0.1) is 0 Å². The highest BCUT2D eigenvalue weighted by Crippen LogP contribution is 2.31. The first-order valence-electron chi connectivity index (χ1n) is 6.67. The minimum Gasteiger partial charge on any atom is -0.481 e. The molecule has 96 valence electrons. The molecule has 2 aliphatic carbocycles. The Labute approximate surface area is 102 Å². The summed E-state index contributed by atoms with van der Waals surface area (Å²) in [6.45, 7) is 0. The van der Waals surface area contributed by atoms with Crippen LogP contribution in [0.4, 0.5) is 0 Å². The second-order valence-electron chi connectivity index (χ2n) is 5.45. The molecule has 0 aliphatic heterocycles. The second kappa shape index (κ2) is 5.52. The summed E-state index contributed by atoms with van der Waals surface area (Å²) < 4.78 is 0. The molecule has 4 heteroatoms. The quantitative estimate of drug-likeness (QED) is 0.787. The second-order valence-corrected chi connectivity index (χ2v) is 5.45. The summed E-state index contributed by atoms with van der Waals surface area (Å²) in [5.41, 5.74) is 0. The van der Waals surface area contributed by atoms with E-state index in [-0.39, 0.29) is 24.2 Å². The largest absolute Gasteiger partial charge is 0.481 e. The van der Waals surface area contributed by atoms with E-state index in [1.165, 1.54) is 6.42 Å². The number of carbonyl (C=O) groups excluding carboxylic acids is 1. The Hall–Kier alpha value is -1.06. The van der Waals surface area contributed by atoms with E-state index in [2.05, 4.69) is 5.32 Å². The molecule has 0 aromatic heterocycles. The number of carbonyl (C=O) groups is 2. The summed E-state index contributed by atoms with van der Waals surface area (Å²) in [4.78, 5) is 22.5. The van der Waals surface area contributed by atoms with Crippen LogP contribution in [0.1, 0.15) is 51.4 Å². The molecule has 2 saturated carbocycles. The summed E-state index contributed by atoms with van der Waals surface area (Å²) in [6, 6.07) is 0.416. The van der Waals surface area contributed by atoms with Gasteiger partial charge in [0.15, 0.2) is 0 Å². The van der Waals surface area contributed by atoms with Gasteiger partial charge in [-0.2, -0.15) is 0 Å². The van der Waals surface area contributed by atoms with Gasteiger partial charge < -0.3 is 10.4 Å². The third-order valence-electron chi connectivity index (χ3n) is 4.13. The fraction of sp³-hybridized carbons (Fsp3) is 0.846. The van der Waals surface area contributed by atoms with Crippen molar-refractivity contribution in [1.82, 2.24) is 5.32 Å². The van der Waals surface area contributed by atoms with E-state index in [0.717, 1.165) is 38.5 Å². The molecule has 0 unspecified atom stereocenters. The van der Waals surface area contributed by atoms with Crippen LogP contribution in [0.3, 0.4) is 0 Å². The van der Waals surface area contributed by atoms with Gasteiger partial charge in [0.25, 0.3) is 0 Å². The lowest BCUT2D eigenvalue weighted by molar-refractivity contribution is -0.138. The topological polar surface area (TPSA) is 66.4 Å². The van der Waals surface area contributed by atoms with Crippen molar-refractivity contribution in [3.63, 3.8) is 0 Å². The SMILES string of the molecule is O=C(O)CC1CCC(C(=O)NC2CCC2)CC1. The fourth-order valence-corrected chi connectivity index (χ4v) is 2.75. The Morgan fingerprint density at radius 2 is 1.71 bits per heavy atom. The van der Waals surface area contributed by atoms with Crippen LogP contribution in [0, 0.1) is 11.8 Å². The fourth-order valence-electron chi connectivity index (χ4n) is 2.75. The molecule has 0 spiro atoms. The van der Waals surface area contributed by atoms with Crippen molar-refractivity contribution in [2.45, 2.75) is 57.4 Å². The molecule has 2 N–H and O–H groups in total. The van der Waals surface area contributed by atoms with E-state index >= 15 is 0 Å². The molecule has 2 fully saturated rings. The van der Waals surface area contributed by atoms with Crippen LogP contribution in [0.5, 0.6) is 0 Å². The molecule has 2 rings (SSSR count). The van der Waals surface area contributed by atoms with E-state index in [9.17, 15) is 9.59 Å². The Kier molecular flexibility index (Phi) is 4.02. The van der Waals surface area contributed by atoms with E-state index in [4.69, 9.17) is 5.11 Å². The first kappa shape index (κ1) is 12.4. The third kappa shape index (κ3) is 3.45. The maximum absolute atomic E-state index is 11.9. The maximum Gasteiger partial charge on any atom is 0.303 e. The van der Waals surface area contributed by atoms with Crippen LogP contribution < -0.4 is 5.32 Å². The lowest BCUT2D eigenvalue weighted by Crippen LogP contribution is -2.43. The summed E-state index contributed by atoms with van der Waals surface area (Å²) in [5, 5.41) is 11.8. The molecule has 0 radical (unpaired) electrons. The lowest BCUT2D eigenvalue weighted by atomic mass is 9.80. The Morgan fingerprint density at radius 1 is 1.06 bits per heavy atom. The van der Waals surface area contributed by atoms with Crippen molar-refractivity contribution in [2.24, 2.45) is 11.8 Å². The number of aliphatic carboxylic acids is 1. The van der Waals surface area contributed by atoms with Gasteiger partial charge in [-0.05, 0) is 50.9 Å². The van der Waals surface area contributed by atoms with Crippen molar-refractivity contribution < 1.29 is 14.7 Å². The first-order valence-corrected chi connectivity index (χ1v) is 6.67. The van der Waals surface area contributed by atoms with Crippen molar-refractivity contribution >= 4 is 11.9 Å². The molecule has 0 aromatic carbocycles. The molecular weight excluding hydrogens is 218 g/mol. The molecule has 0 saturated heterocycles. The Bertz CT molecular complexity index is 291. The summed E-state index contributed by atoms with van der Waals surface area (Å²) in [5.74, 6) is -0.114. The third-order valence-corrected chi connectivity index (χ3v) is 4.13. The van der Waals surface area contributed by atoms with Crippen LogP contribution in [0.2, 0.25) is 0 Å². The Morgan fingerprint density at radius 3 is 2.18 bits per heavy atom. The average Bonchev–Trinajstić information content (AvgIpc) is 2.23. The van der Waals surface area contributed by atoms with Crippen molar-refractivity contribution in [2.75, 3.05) is 0 Å².